The molecule has 144 valence electrons. The van der Waals surface area contributed by atoms with Crippen molar-refractivity contribution in [1.29, 1.82) is 0 Å². The summed E-state index contributed by atoms with van der Waals surface area (Å²) in [5, 5.41) is 0. The van der Waals surface area contributed by atoms with Crippen molar-refractivity contribution < 1.29 is 33.3 Å². The molecule has 2 saturated heterocycles. The summed E-state index contributed by atoms with van der Waals surface area (Å²) < 4.78 is 22.5. The number of allylic oxidation sites excluding steroid dienone is 1. The van der Waals surface area contributed by atoms with Gasteiger partial charge in [-0.3, -0.25) is 0 Å². The molecule has 0 aromatic rings. The molecule has 4 aliphatic rings. The Morgan fingerprint density at radius 1 is 1.33 bits per heavy atom. The van der Waals surface area contributed by atoms with E-state index in [0.29, 0.717) is 17.6 Å². The van der Waals surface area contributed by atoms with E-state index in [9.17, 15) is 14.4 Å². The summed E-state index contributed by atoms with van der Waals surface area (Å²) in [4.78, 5) is 36.9. The van der Waals surface area contributed by atoms with Gasteiger partial charge in [-0.25, -0.2) is 14.4 Å². The number of hydrogen-bond acceptors (Lipinski definition) is 7. The first-order valence-electron chi connectivity index (χ1n) is 9.06. The van der Waals surface area contributed by atoms with Crippen molar-refractivity contribution in [2.45, 2.75) is 63.6 Å². The molecule has 4 rings (SSSR count). The lowest BCUT2D eigenvalue weighted by atomic mass is 9.82. The van der Waals surface area contributed by atoms with Crippen molar-refractivity contribution >= 4 is 17.9 Å². The quantitative estimate of drug-likeness (QED) is 0.315. The highest BCUT2D eigenvalue weighted by atomic mass is 16.7. The number of fused-ring (bicyclic) bond motifs is 4. The molecule has 0 unspecified atom stereocenters. The monoisotopic (exact) mass is 374 g/mol. The smallest absolute Gasteiger partial charge is 0.334 e. The number of epoxide rings is 1. The fourth-order valence-corrected chi connectivity index (χ4v) is 4.13. The number of esters is 3. The second-order valence-electron chi connectivity index (χ2n) is 7.73. The summed E-state index contributed by atoms with van der Waals surface area (Å²) in [7, 11) is 0. The van der Waals surface area contributed by atoms with E-state index in [0.717, 1.165) is 0 Å². The lowest BCUT2D eigenvalue weighted by Crippen LogP contribution is -2.39. The summed E-state index contributed by atoms with van der Waals surface area (Å²) in [5.74, 6) is -2.04. The Kier molecular flexibility index (Phi) is 4.03. The van der Waals surface area contributed by atoms with Gasteiger partial charge in [0.15, 0.2) is 0 Å². The van der Waals surface area contributed by atoms with E-state index < -0.39 is 47.7 Å². The van der Waals surface area contributed by atoms with Gasteiger partial charge < -0.3 is 18.9 Å². The van der Waals surface area contributed by atoms with Crippen molar-refractivity contribution in [3.8, 4) is 0 Å². The number of rotatable bonds is 2. The zero-order chi connectivity index (χ0) is 19.5. The third-order valence-electron chi connectivity index (χ3n) is 5.85. The first kappa shape index (κ1) is 18.0. The standard InChI is InChI=1S/C20H22O7/c1-5-9(2)17(21)25-13-7-11-6-12(24-19(11)23)8-20(4)16(27-20)15-14(13)10(3)18(22)26-15/h5-6,12-16H,3,7-8H2,1-2,4H3/b9-5-/t12-,13+,14-,15+,16+,20-/m1/s1. The first-order valence-corrected chi connectivity index (χ1v) is 9.06. The third kappa shape index (κ3) is 2.90. The topological polar surface area (TPSA) is 91.4 Å². The minimum atomic E-state index is -0.777. The van der Waals surface area contributed by atoms with E-state index in [1.165, 1.54) is 0 Å². The maximum atomic E-state index is 12.4. The molecule has 3 aliphatic heterocycles. The van der Waals surface area contributed by atoms with Crippen LogP contribution in [0.2, 0.25) is 0 Å². The zero-order valence-corrected chi connectivity index (χ0v) is 15.5. The van der Waals surface area contributed by atoms with Gasteiger partial charge in [0, 0.05) is 29.6 Å². The van der Waals surface area contributed by atoms with Crippen LogP contribution in [0.5, 0.6) is 0 Å². The molecule has 0 amide bonds. The summed E-state index contributed by atoms with van der Waals surface area (Å²) in [6.45, 7) is 9.13. The van der Waals surface area contributed by atoms with Crippen LogP contribution in [0.15, 0.2) is 35.5 Å². The van der Waals surface area contributed by atoms with Gasteiger partial charge in [-0.2, -0.15) is 0 Å². The maximum absolute atomic E-state index is 12.4. The Hall–Kier alpha value is -2.41. The van der Waals surface area contributed by atoms with E-state index in [2.05, 4.69) is 6.58 Å². The number of carbonyl (C=O) groups excluding carboxylic acids is 3. The lowest BCUT2D eigenvalue weighted by molar-refractivity contribution is -0.150. The van der Waals surface area contributed by atoms with Gasteiger partial charge in [-0.15, -0.1) is 0 Å². The normalized spacial score (nSPS) is 40.4. The Morgan fingerprint density at radius 2 is 2.07 bits per heavy atom. The molecular formula is C20H22O7. The maximum Gasteiger partial charge on any atom is 0.334 e. The Labute approximate surface area is 157 Å². The highest BCUT2D eigenvalue weighted by Gasteiger charge is 2.65. The zero-order valence-electron chi connectivity index (χ0n) is 15.5. The van der Waals surface area contributed by atoms with E-state index in [1.807, 2.05) is 6.92 Å². The van der Waals surface area contributed by atoms with Gasteiger partial charge >= 0.3 is 17.9 Å². The van der Waals surface area contributed by atoms with E-state index in [4.69, 9.17) is 18.9 Å². The SMILES string of the molecule is C=C1C(=O)O[C@H]2[C@H]1[C@@H](OC(=O)/C(C)=C\C)CC1=C[C@H](C[C@@]3(C)O[C@@H]23)OC1=O. The summed E-state index contributed by atoms with van der Waals surface area (Å²) >= 11 is 0. The molecule has 27 heavy (non-hydrogen) atoms. The molecule has 0 radical (unpaired) electrons. The summed E-state index contributed by atoms with van der Waals surface area (Å²) in [6.07, 6.45) is 1.90. The fraction of sp³-hybridized carbons (Fsp3) is 0.550. The van der Waals surface area contributed by atoms with Gasteiger partial charge in [0.25, 0.3) is 0 Å². The predicted molar refractivity (Wildman–Crippen MR) is 92.3 cm³/mol. The third-order valence-corrected chi connectivity index (χ3v) is 5.85. The minimum absolute atomic E-state index is 0.137. The average molecular weight is 374 g/mol. The molecule has 6 atom stereocenters. The number of carbonyl (C=O) groups is 3. The highest BCUT2D eigenvalue weighted by molar-refractivity contribution is 5.93. The van der Waals surface area contributed by atoms with Crippen LogP contribution in [-0.2, 0) is 33.3 Å². The Balaban J connectivity index is 1.72. The molecule has 0 aromatic heterocycles. The van der Waals surface area contributed by atoms with Gasteiger partial charge in [0.2, 0.25) is 0 Å². The molecule has 0 saturated carbocycles. The Morgan fingerprint density at radius 3 is 2.78 bits per heavy atom. The fourth-order valence-electron chi connectivity index (χ4n) is 4.13. The van der Waals surface area contributed by atoms with Gasteiger partial charge in [0.1, 0.15) is 24.4 Å². The summed E-state index contributed by atoms with van der Waals surface area (Å²) in [6, 6.07) is 0. The Bertz CT molecular complexity index is 807. The molecular weight excluding hydrogens is 352 g/mol. The number of hydrogen-bond donors (Lipinski definition) is 0. The second kappa shape index (κ2) is 6.05. The van der Waals surface area contributed by atoms with Crippen LogP contribution in [-0.4, -0.2) is 47.9 Å². The predicted octanol–water partition coefficient (Wildman–Crippen LogP) is 1.77. The lowest BCUT2D eigenvalue weighted by Gasteiger charge is -2.27. The molecule has 0 spiro atoms. The number of ether oxygens (including phenoxy) is 4. The van der Waals surface area contributed by atoms with Gasteiger partial charge in [0.05, 0.1) is 11.5 Å². The van der Waals surface area contributed by atoms with E-state index >= 15 is 0 Å². The van der Waals surface area contributed by atoms with Crippen molar-refractivity contribution in [3.05, 3.63) is 35.5 Å². The van der Waals surface area contributed by atoms with Crippen LogP contribution >= 0.6 is 0 Å². The highest BCUT2D eigenvalue weighted by Crippen LogP contribution is 2.51. The molecule has 7 heteroatoms. The van der Waals surface area contributed by atoms with E-state index in [-0.39, 0.29) is 18.1 Å². The van der Waals surface area contributed by atoms with Gasteiger partial charge in [-0.05, 0) is 26.8 Å². The van der Waals surface area contributed by atoms with E-state index in [1.54, 1.807) is 26.0 Å². The van der Waals surface area contributed by atoms with Crippen molar-refractivity contribution in [2.24, 2.45) is 5.92 Å². The van der Waals surface area contributed by atoms with Crippen LogP contribution < -0.4 is 0 Å². The van der Waals surface area contributed by atoms with Crippen LogP contribution in [0.3, 0.4) is 0 Å². The first-order chi connectivity index (χ1) is 12.7. The molecule has 1 aliphatic carbocycles. The van der Waals surface area contributed by atoms with Crippen LogP contribution in [0.1, 0.15) is 33.6 Å². The average Bonchev–Trinajstić information content (AvgIpc) is 3.02. The molecule has 0 aromatic carbocycles. The van der Waals surface area contributed by atoms with Crippen LogP contribution in [0.25, 0.3) is 0 Å². The molecule has 3 heterocycles. The van der Waals surface area contributed by atoms with Crippen LogP contribution in [0, 0.1) is 5.92 Å². The molecule has 2 fully saturated rings. The molecule has 7 nitrogen and oxygen atoms in total. The van der Waals surface area contributed by atoms with Crippen molar-refractivity contribution in [3.63, 3.8) is 0 Å². The van der Waals surface area contributed by atoms with Crippen LogP contribution in [0.4, 0.5) is 0 Å². The van der Waals surface area contributed by atoms with Gasteiger partial charge in [-0.1, -0.05) is 12.7 Å². The van der Waals surface area contributed by atoms with Crippen molar-refractivity contribution in [2.75, 3.05) is 0 Å². The molecule has 0 N–H and O–H groups in total. The molecule has 2 bridgehead atoms. The van der Waals surface area contributed by atoms with Crippen molar-refractivity contribution in [1.82, 2.24) is 0 Å². The second-order valence-corrected chi connectivity index (χ2v) is 7.73. The minimum Gasteiger partial charge on any atom is -0.458 e. The summed E-state index contributed by atoms with van der Waals surface area (Å²) in [5.41, 5.74) is 0.533. The largest absolute Gasteiger partial charge is 0.458 e.